The highest BCUT2D eigenvalue weighted by molar-refractivity contribution is 6.32. The average Bonchev–Trinajstić information content (AvgIpc) is 2.27. The number of halogens is 1. The summed E-state index contributed by atoms with van der Waals surface area (Å²) in [5, 5.41) is 5.26. The molecule has 0 saturated heterocycles. The monoisotopic (exact) mass is 271 g/mol. The van der Waals surface area contributed by atoms with Crippen LogP contribution in [0.4, 0.5) is 4.79 Å². The molecule has 0 heterocycles. The number of nitrogens with two attached hydrogens (primary N) is 1. The summed E-state index contributed by atoms with van der Waals surface area (Å²) in [5.74, 6) is -0.217. The molecule has 4 N–H and O–H groups in total. The van der Waals surface area contributed by atoms with E-state index < -0.39 is 11.9 Å². The molecule has 0 aliphatic rings. The maximum absolute atomic E-state index is 11.2. The van der Waals surface area contributed by atoms with E-state index in [-0.39, 0.29) is 6.61 Å². The van der Waals surface area contributed by atoms with Crippen molar-refractivity contribution in [2.24, 2.45) is 5.73 Å². The summed E-state index contributed by atoms with van der Waals surface area (Å²) in [6.45, 7) is 0.219. The molecule has 1 rings (SSSR count). The van der Waals surface area contributed by atoms with Crippen molar-refractivity contribution < 1.29 is 14.3 Å². The Hall–Kier alpha value is -1.79. The Labute approximate surface area is 109 Å². The van der Waals surface area contributed by atoms with Gasteiger partial charge in [-0.05, 0) is 13.1 Å². The maximum atomic E-state index is 11.2. The van der Waals surface area contributed by atoms with E-state index in [1.165, 1.54) is 0 Å². The van der Waals surface area contributed by atoms with Gasteiger partial charge in [-0.25, -0.2) is 4.79 Å². The largest absolute Gasteiger partial charge is 0.482 e. The highest BCUT2D eigenvalue weighted by atomic mass is 35.5. The van der Waals surface area contributed by atoms with Gasteiger partial charge in [0.25, 0.3) is 5.91 Å². The fourth-order valence-corrected chi connectivity index (χ4v) is 1.60. The van der Waals surface area contributed by atoms with Gasteiger partial charge in [0, 0.05) is 12.1 Å². The van der Waals surface area contributed by atoms with Crippen molar-refractivity contribution in [3.8, 4) is 5.75 Å². The number of benzene rings is 1. The summed E-state index contributed by atoms with van der Waals surface area (Å²) in [6.07, 6.45) is 0. The smallest absolute Gasteiger partial charge is 0.318 e. The predicted octanol–water partition coefficient (Wildman–Crippen LogP) is 0.633. The molecule has 6 nitrogen and oxygen atoms in total. The van der Waals surface area contributed by atoms with Gasteiger partial charge in [-0.2, -0.15) is 0 Å². The van der Waals surface area contributed by atoms with Crippen LogP contribution in [-0.2, 0) is 11.3 Å². The molecule has 0 atom stereocenters. The number of carbonyl (C=O) groups excluding carboxylic acids is 2. The second-order valence-electron chi connectivity index (χ2n) is 3.46. The fraction of sp³-hybridized carbons (Fsp3) is 0.273. The van der Waals surface area contributed by atoms with Gasteiger partial charge in [-0.1, -0.05) is 23.7 Å². The van der Waals surface area contributed by atoms with Crippen molar-refractivity contribution in [1.82, 2.24) is 10.6 Å². The standard InChI is InChI=1S/C11H14ClN3O3/c1-14-5-7-3-2-4-8(12)10(7)18-6-9(16)15-11(13)17/h2-4,14H,5-6H2,1H3,(H3,13,15,16,17). The van der Waals surface area contributed by atoms with Crippen LogP contribution in [0.2, 0.25) is 5.02 Å². The lowest BCUT2D eigenvalue weighted by Crippen LogP contribution is -2.38. The molecule has 7 heteroatoms. The zero-order valence-electron chi connectivity index (χ0n) is 9.83. The minimum atomic E-state index is -0.918. The predicted molar refractivity (Wildman–Crippen MR) is 67.4 cm³/mol. The van der Waals surface area contributed by atoms with E-state index in [9.17, 15) is 9.59 Å². The second kappa shape index (κ2) is 6.83. The first kappa shape index (κ1) is 14.3. The minimum absolute atomic E-state index is 0.330. The number of primary amides is 1. The van der Waals surface area contributed by atoms with Crippen molar-refractivity contribution in [2.45, 2.75) is 6.54 Å². The summed E-state index contributed by atoms with van der Waals surface area (Å²) < 4.78 is 5.29. The molecular formula is C11H14ClN3O3. The van der Waals surface area contributed by atoms with E-state index in [2.05, 4.69) is 5.32 Å². The van der Waals surface area contributed by atoms with Gasteiger partial charge in [-0.15, -0.1) is 0 Å². The first-order chi connectivity index (χ1) is 8.54. The zero-order valence-corrected chi connectivity index (χ0v) is 10.6. The molecule has 0 unspecified atom stereocenters. The van der Waals surface area contributed by atoms with Crippen LogP contribution in [-0.4, -0.2) is 25.6 Å². The first-order valence-electron chi connectivity index (χ1n) is 5.18. The molecule has 0 bridgehead atoms. The zero-order chi connectivity index (χ0) is 13.5. The molecule has 1 aromatic carbocycles. The summed E-state index contributed by atoms with van der Waals surface area (Å²) in [4.78, 5) is 21.7. The van der Waals surface area contributed by atoms with Gasteiger partial charge in [0.2, 0.25) is 0 Å². The molecule has 0 saturated carbocycles. The number of nitrogens with one attached hydrogen (secondary N) is 2. The third kappa shape index (κ3) is 4.23. The molecule has 3 amide bonds. The second-order valence-corrected chi connectivity index (χ2v) is 3.87. The Balaban J connectivity index is 2.71. The SMILES string of the molecule is CNCc1cccc(Cl)c1OCC(=O)NC(N)=O. The molecule has 98 valence electrons. The Morgan fingerprint density at radius 1 is 1.44 bits per heavy atom. The Kier molecular flexibility index (Phi) is 5.41. The van der Waals surface area contributed by atoms with Crippen LogP contribution in [0.5, 0.6) is 5.75 Å². The van der Waals surface area contributed by atoms with Gasteiger partial charge in [-0.3, -0.25) is 10.1 Å². The van der Waals surface area contributed by atoms with Crippen LogP contribution < -0.4 is 21.1 Å². The lowest BCUT2D eigenvalue weighted by molar-refractivity contribution is -0.121. The molecule has 0 aromatic heterocycles. The lowest BCUT2D eigenvalue weighted by atomic mass is 10.2. The van der Waals surface area contributed by atoms with Crippen LogP contribution in [0, 0.1) is 0 Å². The fourth-order valence-electron chi connectivity index (χ4n) is 1.36. The van der Waals surface area contributed by atoms with Gasteiger partial charge >= 0.3 is 6.03 Å². The molecule has 0 aliphatic heterocycles. The molecule has 0 spiro atoms. The van der Waals surface area contributed by atoms with Gasteiger partial charge in [0.15, 0.2) is 6.61 Å². The van der Waals surface area contributed by atoms with Crippen molar-refractivity contribution in [3.05, 3.63) is 28.8 Å². The number of para-hydroxylation sites is 1. The van der Waals surface area contributed by atoms with E-state index in [0.717, 1.165) is 5.56 Å². The Morgan fingerprint density at radius 2 is 2.17 bits per heavy atom. The summed E-state index contributed by atoms with van der Waals surface area (Å²) in [6, 6.07) is 4.34. The number of urea groups is 1. The van der Waals surface area contributed by atoms with Crippen molar-refractivity contribution >= 4 is 23.5 Å². The highest BCUT2D eigenvalue weighted by Crippen LogP contribution is 2.28. The quantitative estimate of drug-likeness (QED) is 0.732. The molecule has 0 fully saturated rings. The minimum Gasteiger partial charge on any atom is -0.482 e. The van der Waals surface area contributed by atoms with E-state index in [0.29, 0.717) is 17.3 Å². The average molecular weight is 272 g/mol. The van der Waals surface area contributed by atoms with Gasteiger partial charge < -0.3 is 15.8 Å². The number of hydrogen-bond donors (Lipinski definition) is 3. The molecule has 0 radical (unpaired) electrons. The van der Waals surface area contributed by atoms with Crippen molar-refractivity contribution in [3.63, 3.8) is 0 Å². The maximum Gasteiger partial charge on any atom is 0.318 e. The van der Waals surface area contributed by atoms with E-state index >= 15 is 0 Å². The number of carbonyl (C=O) groups is 2. The number of ether oxygens (including phenoxy) is 1. The number of hydrogen-bond acceptors (Lipinski definition) is 4. The number of imide groups is 1. The van der Waals surface area contributed by atoms with Crippen molar-refractivity contribution in [1.29, 1.82) is 0 Å². The molecule has 1 aromatic rings. The number of rotatable bonds is 5. The first-order valence-corrected chi connectivity index (χ1v) is 5.56. The topological polar surface area (TPSA) is 93.4 Å². The summed E-state index contributed by atoms with van der Waals surface area (Å²) in [5.41, 5.74) is 5.62. The van der Waals surface area contributed by atoms with Crippen LogP contribution in [0.15, 0.2) is 18.2 Å². The van der Waals surface area contributed by atoms with E-state index in [4.69, 9.17) is 22.1 Å². The lowest BCUT2D eigenvalue weighted by Gasteiger charge is -2.12. The van der Waals surface area contributed by atoms with Crippen LogP contribution in [0.1, 0.15) is 5.56 Å². The van der Waals surface area contributed by atoms with Crippen LogP contribution in [0.3, 0.4) is 0 Å². The van der Waals surface area contributed by atoms with Gasteiger partial charge in [0.1, 0.15) is 5.75 Å². The van der Waals surface area contributed by atoms with Gasteiger partial charge in [0.05, 0.1) is 5.02 Å². The highest BCUT2D eigenvalue weighted by Gasteiger charge is 2.11. The Morgan fingerprint density at radius 3 is 2.78 bits per heavy atom. The third-order valence-electron chi connectivity index (χ3n) is 2.03. The molecule has 18 heavy (non-hydrogen) atoms. The van der Waals surface area contributed by atoms with Crippen LogP contribution >= 0.6 is 11.6 Å². The molecule has 0 aliphatic carbocycles. The van der Waals surface area contributed by atoms with E-state index in [1.54, 1.807) is 19.2 Å². The Bertz CT molecular complexity index is 451. The van der Waals surface area contributed by atoms with Crippen molar-refractivity contribution in [2.75, 3.05) is 13.7 Å². The number of amides is 3. The summed E-state index contributed by atoms with van der Waals surface area (Å²) in [7, 11) is 1.78. The normalized spacial score (nSPS) is 9.89. The van der Waals surface area contributed by atoms with E-state index in [1.807, 2.05) is 11.4 Å². The third-order valence-corrected chi connectivity index (χ3v) is 2.32. The summed E-state index contributed by atoms with van der Waals surface area (Å²) >= 11 is 5.98. The molecular weight excluding hydrogens is 258 g/mol. The van der Waals surface area contributed by atoms with Crippen LogP contribution in [0.25, 0.3) is 0 Å².